The number of aliphatic hydroxyl groups excluding tert-OH is 1. The maximum Gasteiger partial charge on any atom is 0.469 e. The maximum absolute atomic E-state index is 12.7. The van der Waals surface area contributed by atoms with Crippen molar-refractivity contribution in [1.82, 2.24) is 25.1 Å². The third kappa shape index (κ3) is 11.9. The predicted octanol–water partition coefficient (Wildman–Crippen LogP) is 2.23. The number of aromatic nitrogens is 3. The molecule has 0 bridgehead atoms. The van der Waals surface area contributed by atoms with Gasteiger partial charge in [0.05, 0.1) is 34.4 Å². The fraction of sp³-hybridized carbons (Fsp3) is 0.375. The second-order valence-electron chi connectivity index (χ2n) is 14.3. The van der Waals surface area contributed by atoms with Gasteiger partial charge in [-0.05, 0) is 55.8 Å². The van der Waals surface area contributed by atoms with Crippen molar-refractivity contribution in [2.24, 2.45) is 7.05 Å². The van der Waals surface area contributed by atoms with Crippen LogP contribution in [0.5, 0.6) is 0 Å². The summed E-state index contributed by atoms with van der Waals surface area (Å²) in [6, 6.07) is 18.9. The van der Waals surface area contributed by atoms with Crippen molar-refractivity contribution in [2.45, 2.75) is 49.0 Å². The molecule has 59 heavy (non-hydrogen) atoms. The molecule has 0 radical (unpaired) electrons. The molecule has 3 atom stereocenters. The molecule has 314 valence electrons. The Morgan fingerprint density at radius 1 is 1.07 bits per heavy atom. The summed E-state index contributed by atoms with van der Waals surface area (Å²) in [5.74, 6) is -0.495. The highest BCUT2D eigenvalue weighted by atomic mass is 32.2. The number of ether oxygens (including phenoxy) is 1. The number of benzene rings is 2. The molecule has 17 nitrogen and oxygen atoms in total. The summed E-state index contributed by atoms with van der Waals surface area (Å²) in [6.45, 7) is 1.99. The first-order chi connectivity index (χ1) is 28.3. The molecule has 19 heteroatoms. The van der Waals surface area contributed by atoms with E-state index in [0.717, 1.165) is 46.1 Å². The van der Waals surface area contributed by atoms with Gasteiger partial charge in [-0.1, -0.05) is 36.0 Å². The molecule has 0 spiro atoms. The lowest BCUT2D eigenvalue weighted by molar-refractivity contribution is -0.644. The Bertz CT molecular complexity index is 2380. The Morgan fingerprint density at radius 2 is 1.81 bits per heavy atom. The highest BCUT2D eigenvalue weighted by Crippen LogP contribution is 2.47. The number of pyridine rings is 1. The number of rotatable bonds is 18. The van der Waals surface area contributed by atoms with E-state index in [1.807, 2.05) is 25.1 Å². The van der Waals surface area contributed by atoms with Crippen LogP contribution in [0.4, 0.5) is 5.69 Å². The average Bonchev–Trinajstić information content (AvgIpc) is 3.74. The number of carbonyl (C=O) groups is 2. The van der Waals surface area contributed by atoms with E-state index in [9.17, 15) is 28.8 Å². The minimum atomic E-state index is -4.80. The van der Waals surface area contributed by atoms with Crippen molar-refractivity contribution in [2.75, 3.05) is 51.3 Å². The van der Waals surface area contributed by atoms with Crippen molar-refractivity contribution in [3.8, 4) is 0 Å². The van der Waals surface area contributed by atoms with Gasteiger partial charge in [0.2, 0.25) is 17.3 Å². The molecule has 2 amide bonds. The van der Waals surface area contributed by atoms with Crippen molar-refractivity contribution in [3.63, 3.8) is 0 Å². The smallest absolute Gasteiger partial charge is 0.390 e. The first-order valence-electron chi connectivity index (χ1n) is 19.2. The quantitative estimate of drug-likeness (QED) is 0.0367. The van der Waals surface area contributed by atoms with Gasteiger partial charge >= 0.3 is 13.5 Å². The molecular formula is C40H49N7O10PS+. The molecule has 2 aliphatic heterocycles. The summed E-state index contributed by atoms with van der Waals surface area (Å²) in [6.07, 6.45) is 6.40. The van der Waals surface area contributed by atoms with Gasteiger partial charge in [-0.3, -0.25) is 28.5 Å². The molecule has 6 rings (SSSR count). The normalized spacial score (nSPS) is 18.6. The number of aliphatic hydroxyl groups is 1. The third-order valence-corrected chi connectivity index (χ3v) is 11.6. The zero-order valence-electron chi connectivity index (χ0n) is 32.7. The first-order valence-corrected chi connectivity index (χ1v) is 21.5. The van der Waals surface area contributed by atoms with Crippen LogP contribution in [0.25, 0.3) is 23.1 Å². The van der Waals surface area contributed by atoms with Gasteiger partial charge in [-0.2, -0.15) is 0 Å². The van der Waals surface area contributed by atoms with E-state index in [0.29, 0.717) is 32.6 Å². The number of phosphoric ester groups is 1. The minimum Gasteiger partial charge on any atom is -0.390 e. The van der Waals surface area contributed by atoms with Crippen molar-refractivity contribution in [1.29, 1.82) is 0 Å². The molecule has 1 saturated heterocycles. The van der Waals surface area contributed by atoms with Gasteiger partial charge in [0.1, 0.15) is 19.4 Å². The summed E-state index contributed by atoms with van der Waals surface area (Å²) in [7, 11) is -0.882. The van der Waals surface area contributed by atoms with Gasteiger partial charge in [0.25, 0.3) is 5.56 Å². The van der Waals surface area contributed by atoms with Crippen LogP contribution < -0.4 is 31.3 Å². The van der Waals surface area contributed by atoms with Crippen molar-refractivity contribution < 1.29 is 42.9 Å². The molecular weight excluding hydrogens is 802 g/mol. The second kappa shape index (κ2) is 19.9. The Morgan fingerprint density at radius 3 is 2.61 bits per heavy atom. The number of carbonyl (C=O) groups excluding carboxylic acids is 2. The summed E-state index contributed by atoms with van der Waals surface area (Å²) in [5, 5.41) is 18.3. The minimum absolute atomic E-state index is 0.0156. The predicted molar refractivity (Wildman–Crippen MR) is 223 cm³/mol. The number of aromatic amines is 1. The molecule has 0 saturated carbocycles. The molecule has 6 N–H and O–H groups in total. The summed E-state index contributed by atoms with van der Waals surface area (Å²) in [5.41, 5.74) is 1.89. The number of nitrogens with one attached hydrogen (secondary N) is 3. The van der Waals surface area contributed by atoms with E-state index >= 15 is 0 Å². The van der Waals surface area contributed by atoms with Gasteiger partial charge in [-0.15, -0.1) is 0 Å². The molecule has 4 aromatic rings. The highest BCUT2D eigenvalue weighted by molar-refractivity contribution is 8.03. The Hall–Kier alpha value is -4.91. The number of amides is 2. The largest absolute Gasteiger partial charge is 0.469 e. The van der Waals surface area contributed by atoms with Crippen LogP contribution in [-0.2, 0) is 30.5 Å². The zero-order valence-corrected chi connectivity index (χ0v) is 34.4. The topological polar surface area (TPSA) is 220 Å². The molecule has 2 aromatic carbocycles. The van der Waals surface area contributed by atoms with E-state index in [1.54, 1.807) is 11.8 Å². The molecule has 1 fully saturated rings. The van der Waals surface area contributed by atoms with Crippen LogP contribution in [0, 0.1) is 0 Å². The zero-order chi connectivity index (χ0) is 42.1. The maximum atomic E-state index is 12.7. The van der Waals surface area contributed by atoms with Crippen LogP contribution in [-0.4, -0.2) is 99.7 Å². The van der Waals surface area contributed by atoms with E-state index in [1.165, 1.54) is 28.2 Å². The molecule has 2 aliphatic rings. The van der Waals surface area contributed by atoms with E-state index < -0.39 is 50.0 Å². The van der Waals surface area contributed by atoms with Crippen LogP contribution in [0.15, 0.2) is 92.6 Å². The number of phosphoric acid groups is 1. The number of anilines is 1. The fourth-order valence-corrected chi connectivity index (χ4v) is 8.30. The van der Waals surface area contributed by atoms with E-state index in [-0.39, 0.29) is 17.9 Å². The van der Waals surface area contributed by atoms with Crippen molar-refractivity contribution in [3.05, 3.63) is 110 Å². The lowest BCUT2D eigenvalue weighted by Crippen LogP contribution is -2.37. The molecule has 4 heterocycles. The Kier molecular flexibility index (Phi) is 14.7. The lowest BCUT2D eigenvalue weighted by atomic mass is 10.1. The monoisotopic (exact) mass is 850 g/mol. The standard InChI is InChI=1S/C40H48N7O10PS/c1-44(22-18-42-36(50)15-14-28-25-47(40(52)43-39(28)51)37-24-32(48)33(57-37)26-56-58(53,54)55)21-17-41-35(49)13-7-8-19-46-31-11-5-6-12-34(31)59-38(46)23-27-16-20-45(2)30-10-4-3-9-29(27)30/h3-6,9-12,14-16,20,23,25,32-33,37,48H,7-8,13,17-19,21-22,24,26H2,1-2H3,(H4-,41,42,43,49,50,51,52,53,54,55)/p+1/b15-14+/t32-,33+,37+/m0/s1. The first kappa shape index (κ1) is 43.7. The van der Waals surface area contributed by atoms with Crippen LogP contribution in [0.2, 0.25) is 0 Å². The van der Waals surface area contributed by atoms with Gasteiger partial charge in [0.15, 0.2) is 6.20 Å². The summed E-state index contributed by atoms with van der Waals surface area (Å²) >= 11 is 1.76. The highest BCUT2D eigenvalue weighted by Gasteiger charge is 2.37. The number of thioether (sulfide) groups is 1. The molecule has 0 unspecified atom stereocenters. The summed E-state index contributed by atoms with van der Waals surface area (Å²) in [4.78, 5) is 75.5. The van der Waals surface area contributed by atoms with E-state index in [4.69, 9.17) is 14.5 Å². The number of nitrogens with zero attached hydrogens (tertiary/aromatic N) is 4. The summed E-state index contributed by atoms with van der Waals surface area (Å²) < 4.78 is 24.1. The number of fused-ring (bicyclic) bond motifs is 2. The number of aryl methyl sites for hydroxylation is 1. The van der Waals surface area contributed by atoms with Gasteiger partial charge in [-0.25, -0.2) is 13.9 Å². The third-order valence-electron chi connectivity index (χ3n) is 9.96. The second-order valence-corrected chi connectivity index (χ2v) is 16.6. The average molecular weight is 851 g/mol. The molecule has 2 aromatic heterocycles. The number of likely N-dealkylation sites (N-methyl/N-ethyl adjacent to an activating group) is 1. The van der Waals surface area contributed by atoms with Gasteiger partial charge in [0, 0.05) is 74.9 Å². The van der Waals surface area contributed by atoms with Gasteiger partial charge < -0.3 is 40.1 Å². The fourth-order valence-electron chi connectivity index (χ4n) is 6.81. The number of hydrogen-bond donors (Lipinski definition) is 6. The SMILES string of the molecule is CN(CCNC(=O)/C=C/c1cn([C@H]2C[C@H](O)[C@@H](COP(=O)(O)O)O2)c(=O)[nH]c1=O)CCNC(=O)CCCCN1C(=Cc2cc[n+](C)c3ccccc23)Sc2ccccc21. The van der Waals surface area contributed by atoms with Crippen LogP contribution in [0.1, 0.15) is 43.0 Å². The number of para-hydroxylation sites is 2. The van der Waals surface area contributed by atoms with Crippen LogP contribution >= 0.6 is 19.6 Å². The number of H-pyrrole nitrogens is 1. The number of hydrogen-bond acceptors (Lipinski definition) is 11. The lowest BCUT2D eigenvalue weighted by Gasteiger charge is -2.21. The Balaban J connectivity index is 0.897. The number of unbranched alkanes of at least 4 members (excludes halogenated alkanes) is 1. The van der Waals surface area contributed by atoms with E-state index in [2.05, 4.69) is 90.4 Å². The van der Waals surface area contributed by atoms with Crippen LogP contribution in [0.3, 0.4) is 0 Å². The Labute approximate surface area is 344 Å². The molecule has 0 aliphatic carbocycles. The van der Waals surface area contributed by atoms with Crippen molar-refractivity contribution >= 4 is 60.1 Å².